The molecule has 2 atom stereocenters. The first-order chi connectivity index (χ1) is 14.0. The number of amides is 2. The van der Waals surface area contributed by atoms with Gasteiger partial charge >= 0.3 is 0 Å². The average Bonchev–Trinajstić information content (AvgIpc) is 3.12. The molecule has 0 spiro atoms. The van der Waals surface area contributed by atoms with Crippen LogP contribution in [0.25, 0.3) is 0 Å². The molecule has 29 heavy (non-hydrogen) atoms. The number of fused-ring (bicyclic) bond motifs is 1. The van der Waals surface area contributed by atoms with Gasteiger partial charge in [-0.3, -0.25) is 14.5 Å². The first-order valence-electron chi connectivity index (χ1n) is 9.85. The van der Waals surface area contributed by atoms with Crippen LogP contribution in [0.2, 0.25) is 0 Å². The van der Waals surface area contributed by atoms with E-state index in [-0.39, 0.29) is 30.0 Å². The molecule has 2 aliphatic heterocycles. The highest BCUT2D eigenvalue weighted by Crippen LogP contribution is 2.27. The van der Waals surface area contributed by atoms with Crippen LogP contribution in [0, 0.1) is 5.82 Å². The van der Waals surface area contributed by atoms with Gasteiger partial charge in [0, 0.05) is 36.9 Å². The van der Waals surface area contributed by atoms with Crippen LogP contribution >= 0.6 is 0 Å². The summed E-state index contributed by atoms with van der Waals surface area (Å²) in [7, 11) is 0. The highest BCUT2D eigenvalue weighted by Gasteiger charge is 2.31. The molecule has 2 aromatic carbocycles. The summed E-state index contributed by atoms with van der Waals surface area (Å²) in [4.78, 5) is 28.9. The molecule has 2 aromatic rings. The number of rotatable bonds is 4. The number of β-amino-alcohol motifs (C(OH)–C–C–N with tert-alkyl or cyclic N) is 1. The summed E-state index contributed by atoms with van der Waals surface area (Å²) in [5.74, 6) is -0.873. The summed E-state index contributed by atoms with van der Waals surface area (Å²) >= 11 is 0. The summed E-state index contributed by atoms with van der Waals surface area (Å²) in [5.41, 5.74) is 2.35. The molecule has 2 amide bonds. The van der Waals surface area contributed by atoms with E-state index in [0.29, 0.717) is 26.1 Å². The van der Waals surface area contributed by atoms with Gasteiger partial charge in [-0.25, -0.2) is 4.39 Å². The van der Waals surface area contributed by atoms with E-state index in [1.54, 1.807) is 11.0 Å². The fourth-order valence-corrected chi connectivity index (χ4v) is 4.17. The third kappa shape index (κ3) is 4.46. The zero-order chi connectivity index (χ0) is 20.4. The van der Waals surface area contributed by atoms with Gasteiger partial charge < -0.3 is 15.3 Å². The van der Waals surface area contributed by atoms with Gasteiger partial charge in [-0.15, -0.1) is 0 Å². The smallest absolute Gasteiger partial charge is 0.251 e. The van der Waals surface area contributed by atoms with Gasteiger partial charge in [0.15, 0.2) is 0 Å². The SMILES string of the molecule is O=C(N[C@H]1C[C@@H](O)CN(CC(=O)N2CCc3ccccc32)C1)c1cccc(F)c1. The maximum Gasteiger partial charge on any atom is 0.251 e. The van der Waals surface area contributed by atoms with E-state index in [1.807, 2.05) is 29.2 Å². The molecule has 0 aromatic heterocycles. The van der Waals surface area contributed by atoms with Crippen molar-refractivity contribution in [2.75, 3.05) is 31.1 Å². The van der Waals surface area contributed by atoms with Crippen LogP contribution in [-0.4, -0.2) is 60.1 Å². The number of aliphatic hydroxyl groups excluding tert-OH is 1. The van der Waals surface area contributed by atoms with E-state index in [4.69, 9.17) is 0 Å². The highest BCUT2D eigenvalue weighted by molar-refractivity contribution is 5.97. The van der Waals surface area contributed by atoms with Gasteiger partial charge in [0.25, 0.3) is 5.91 Å². The number of halogens is 1. The van der Waals surface area contributed by atoms with Crippen LogP contribution in [0.5, 0.6) is 0 Å². The molecule has 0 aliphatic carbocycles. The van der Waals surface area contributed by atoms with Crippen molar-refractivity contribution in [3.63, 3.8) is 0 Å². The topological polar surface area (TPSA) is 72.9 Å². The number of hydrogen-bond acceptors (Lipinski definition) is 4. The molecule has 0 radical (unpaired) electrons. The van der Waals surface area contributed by atoms with Crippen LogP contribution in [0.3, 0.4) is 0 Å². The second-order valence-electron chi connectivity index (χ2n) is 7.69. The standard InChI is InChI=1S/C22H24FN3O3/c23-17-6-3-5-16(10-17)22(29)24-18-11-19(27)13-25(12-18)14-21(28)26-9-8-15-4-1-2-7-20(15)26/h1-7,10,18-19,27H,8-9,11-14H2,(H,24,29)/t18-,19+/m0/s1. The Morgan fingerprint density at radius 3 is 2.79 bits per heavy atom. The third-order valence-electron chi connectivity index (χ3n) is 5.47. The number of nitrogens with zero attached hydrogens (tertiary/aromatic N) is 2. The van der Waals surface area contributed by atoms with Crippen molar-refractivity contribution in [1.82, 2.24) is 10.2 Å². The zero-order valence-corrected chi connectivity index (χ0v) is 16.1. The molecule has 2 N–H and O–H groups in total. The molecule has 0 saturated carbocycles. The Hall–Kier alpha value is -2.77. The highest BCUT2D eigenvalue weighted by atomic mass is 19.1. The Morgan fingerprint density at radius 1 is 1.14 bits per heavy atom. The number of likely N-dealkylation sites (tertiary alicyclic amines) is 1. The van der Waals surface area contributed by atoms with E-state index < -0.39 is 11.9 Å². The average molecular weight is 397 g/mol. The van der Waals surface area contributed by atoms with Crippen LogP contribution in [0.1, 0.15) is 22.3 Å². The lowest BCUT2D eigenvalue weighted by Crippen LogP contribution is -2.54. The van der Waals surface area contributed by atoms with Crippen LogP contribution < -0.4 is 10.2 Å². The molecule has 0 bridgehead atoms. The Bertz CT molecular complexity index is 920. The fraction of sp³-hybridized carbons (Fsp3) is 0.364. The molecule has 1 saturated heterocycles. The number of anilines is 1. The van der Waals surface area contributed by atoms with E-state index in [0.717, 1.165) is 12.1 Å². The Kier molecular flexibility index (Phi) is 5.60. The maximum atomic E-state index is 13.4. The lowest BCUT2D eigenvalue weighted by molar-refractivity contribution is -0.120. The molecular formula is C22H24FN3O3. The molecule has 2 aliphatic rings. The van der Waals surface area contributed by atoms with Crippen molar-refractivity contribution < 1.29 is 19.1 Å². The van der Waals surface area contributed by atoms with Crippen molar-refractivity contribution in [3.05, 3.63) is 65.5 Å². The number of hydrogen-bond donors (Lipinski definition) is 2. The first kappa shape index (κ1) is 19.5. The molecule has 4 rings (SSSR count). The normalized spacial score (nSPS) is 21.7. The van der Waals surface area contributed by atoms with Gasteiger partial charge in [0.2, 0.25) is 5.91 Å². The van der Waals surface area contributed by atoms with E-state index in [1.165, 1.54) is 23.8 Å². The predicted octanol–water partition coefficient (Wildman–Crippen LogP) is 1.58. The summed E-state index contributed by atoms with van der Waals surface area (Å²) in [6.45, 7) is 1.68. The lowest BCUT2D eigenvalue weighted by atomic mass is 10.0. The molecule has 6 nitrogen and oxygen atoms in total. The van der Waals surface area contributed by atoms with Crippen LogP contribution in [0.15, 0.2) is 48.5 Å². The fourth-order valence-electron chi connectivity index (χ4n) is 4.17. The molecular weight excluding hydrogens is 373 g/mol. The number of carbonyl (C=O) groups is 2. The Balaban J connectivity index is 1.38. The summed E-state index contributed by atoms with van der Waals surface area (Å²) in [5, 5.41) is 13.1. The van der Waals surface area contributed by atoms with Crippen molar-refractivity contribution in [2.45, 2.75) is 25.0 Å². The monoisotopic (exact) mass is 397 g/mol. The number of piperidine rings is 1. The minimum Gasteiger partial charge on any atom is -0.392 e. The van der Waals surface area contributed by atoms with Crippen molar-refractivity contribution in [2.24, 2.45) is 0 Å². The minimum atomic E-state index is -0.639. The first-order valence-corrected chi connectivity index (χ1v) is 9.85. The molecule has 152 valence electrons. The Morgan fingerprint density at radius 2 is 1.97 bits per heavy atom. The van der Waals surface area contributed by atoms with E-state index in [2.05, 4.69) is 5.32 Å². The summed E-state index contributed by atoms with van der Waals surface area (Å²) < 4.78 is 13.4. The lowest BCUT2D eigenvalue weighted by Gasteiger charge is -2.36. The van der Waals surface area contributed by atoms with Crippen molar-refractivity contribution in [1.29, 1.82) is 0 Å². The zero-order valence-electron chi connectivity index (χ0n) is 16.1. The van der Waals surface area contributed by atoms with Gasteiger partial charge in [-0.2, -0.15) is 0 Å². The molecule has 1 fully saturated rings. The number of para-hydroxylation sites is 1. The Labute approximate surface area is 168 Å². The summed E-state index contributed by atoms with van der Waals surface area (Å²) in [6.07, 6.45) is 0.607. The van der Waals surface area contributed by atoms with Gasteiger partial charge in [-0.1, -0.05) is 24.3 Å². The molecule has 2 heterocycles. The number of carbonyl (C=O) groups excluding carboxylic acids is 2. The maximum absolute atomic E-state index is 13.4. The second kappa shape index (κ2) is 8.31. The summed E-state index contributed by atoms with van der Waals surface area (Å²) in [6, 6.07) is 13.1. The number of benzene rings is 2. The van der Waals surface area contributed by atoms with Crippen molar-refractivity contribution >= 4 is 17.5 Å². The molecule has 7 heteroatoms. The van der Waals surface area contributed by atoms with E-state index in [9.17, 15) is 19.1 Å². The van der Waals surface area contributed by atoms with Gasteiger partial charge in [-0.05, 0) is 42.7 Å². The minimum absolute atomic E-state index is 0.0146. The van der Waals surface area contributed by atoms with Crippen LogP contribution in [-0.2, 0) is 11.2 Å². The molecule has 0 unspecified atom stereocenters. The van der Waals surface area contributed by atoms with Crippen molar-refractivity contribution in [3.8, 4) is 0 Å². The predicted molar refractivity (Wildman–Crippen MR) is 107 cm³/mol. The largest absolute Gasteiger partial charge is 0.392 e. The van der Waals surface area contributed by atoms with Gasteiger partial charge in [0.1, 0.15) is 5.82 Å². The number of aliphatic hydroxyl groups is 1. The number of nitrogens with one attached hydrogen (secondary N) is 1. The van der Waals surface area contributed by atoms with Crippen LogP contribution in [0.4, 0.5) is 10.1 Å². The van der Waals surface area contributed by atoms with Gasteiger partial charge in [0.05, 0.1) is 12.6 Å². The quantitative estimate of drug-likeness (QED) is 0.822. The third-order valence-corrected chi connectivity index (χ3v) is 5.47. The van der Waals surface area contributed by atoms with E-state index >= 15 is 0 Å². The second-order valence-corrected chi connectivity index (χ2v) is 7.69.